The molecule has 10 nitrogen and oxygen atoms in total. The average molecular weight is 483 g/mol. The summed E-state index contributed by atoms with van der Waals surface area (Å²) in [6.07, 6.45) is 0. The van der Waals surface area contributed by atoms with Gasteiger partial charge in [0, 0.05) is 15.7 Å². The number of benzene rings is 2. The molecule has 2 heterocycles. The zero-order valence-electron chi connectivity index (χ0n) is 17.7. The fourth-order valence-corrected chi connectivity index (χ4v) is 3.86. The summed E-state index contributed by atoms with van der Waals surface area (Å²) in [6.45, 7) is 3.81. The normalized spacial score (nSPS) is 11.5. The van der Waals surface area contributed by atoms with Crippen LogP contribution in [-0.4, -0.2) is 36.9 Å². The second-order valence-electron chi connectivity index (χ2n) is 7.02. The van der Waals surface area contributed by atoms with Crippen molar-refractivity contribution in [1.29, 1.82) is 0 Å². The average Bonchev–Trinajstić information content (AvgIpc) is 3.43. The summed E-state index contributed by atoms with van der Waals surface area (Å²) in [5.41, 5.74) is 11.6. The Morgan fingerprint density at radius 1 is 1.18 bits per heavy atom. The van der Waals surface area contributed by atoms with Gasteiger partial charge in [-0.2, -0.15) is 9.78 Å². The maximum absolute atomic E-state index is 12.9. The van der Waals surface area contributed by atoms with Crippen LogP contribution in [0.4, 0.5) is 5.82 Å². The molecular weight excluding hydrogens is 464 g/mol. The van der Waals surface area contributed by atoms with Crippen molar-refractivity contribution in [3.63, 3.8) is 0 Å². The van der Waals surface area contributed by atoms with E-state index >= 15 is 0 Å². The first-order valence-electron chi connectivity index (χ1n) is 9.75. The molecule has 3 N–H and O–H groups in total. The van der Waals surface area contributed by atoms with Crippen LogP contribution in [0.5, 0.6) is 0 Å². The van der Waals surface area contributed by atoms with Crippen molar-refractivity contribution in [2.75, 3.05) is 5.73 Å². The number of nitrogen functional groups attached to an aromatic ring is 1. The number of hydrogen-bond acceptors (Lipinski definition) is 9. The molecule has 12 heteroatoms. The predicted molar refractivity (Wildman–Crippen MR) is 125 cm³/mol. The molecule has 0 aliphatic heterocycles. The van der Waals surface area contributed by atoms with E-state index in [0.717, 1.165) is 16.0 Å². The molecule has 0 aliphatic rings. The highest BCUT2D eigenvalue weighted by Crippen LogP contribution is 2.27. The number of hydrazone groups is 1. The summed E-state index contributed by atoms with van der Waals surface area (Å²) >= 11 is 7.43. The summed E-state index contributed by atoms with van der Waals surface area (Å²) in [5.74, 6) is -0.00970. The number of nitrogens with zero attached hydrogens (tertiary/aromatic N) is 6. The molecule has 0 radical (unpaired) electrons. The van der Waals surface area contributed by atoms with E-state index in [1.807, 2.05) is 43.3 Å². The van der Waals surface area contributed by atoms with Crippen LogP contribution in [0.15, 0.2) is 63.2 Å². The lowest BCUT2D eigenvalue weighted by atomic mass is 10.1. The lowest BCUT2D eigenvalue weighted by Gasteiger charge is -2.06. The fourth-order valence-electron chi connectivity index (χ4n) is 2.84. The van der Waals surface area contributed by atoms with Crippen molar-refractivity contribution in [2.45, 2.75) is 24.5 Å². The first-order chi connectivity index (χ1) is 15.9. The van der Waals surface area contributed by atoms with E-state index in [1.54, 1.807) is 19.1 Å². The minimum absolute atomic E-state index is 0.0258. The Bertz CT molecular complexity index is 1300. The van der Waals surface area contributed by atoms with E-state index in [0.29, 0.717) is 22.2 Å². The van der Waals surface area contributed by atoms with Gasteiger partial charge in [-0.25, -0.2) is 10.1 Å². The number of amides is 1. The molecule has 0 saturated carbocycles. The highest BCUT2D eigenvalue weighted by atomic mass is 35.5. The third-order valence-corrected chi connectivity index (χ3v) is 5.93. The number of halogens is 1. The van der Waals surface area contributed by atoms with Crippen LogP contribution in [-0.2, 0) is 5.75 Å². The molecule has 1 amide bonds. The highest BCUT2D eigenvalue weighted by molar-refractivity contribution is 7.98. The molecule has 4 aromatic rings. The maximum atomic E-state index is 12.9. The van der Waals surface area contributed by atoms with Crippen LogP contribution in [0.3, 0.4) is 0 Å². The zero-order chi connectivity index (χ0) is 23.4. The van der Waals surface area contributed by atoms with E-state index < -0.39 is 5.91 Å². The molecule has 0 fully saturated rings. The van der Waals surface area contributed by atoms with Gasteiger partial charge in [0.05, 0.1) is 11.4 Å². The first-order valence-corrected chi connectivity index (χ1v) is 11.1. The Kier molecular flexibility index (Phi) is 6.71. The van der Waals surface area contributed by atoms with Gasteiger partial charge in [-0.05, 0) is 54.0 Å². The van der Waals surface area contributed by atoms with Gasteiger partial charge < -0.3 is 5.73 Å². The predicted octanol–water partition coefficient (Wildman–Crippen LogP) is 3.64. The van der Waals surface area contributed by atoms with Crippen LogP contribution >= 0.6 is 23.4 Å². The Balaban J connectivity index is 1.59. The van der Waals surface area contributed by atoms with Crippen molar-refractivity contribution in [2.24, 2.45) is 5.10 Å². The number of aromatic nitrogens is 5. The topological polar surface area (TPSA) is 137 Å². The number of nitrogens with two attached hydrogens (primary N) is 1. The van der Waals surface area contributed by atoms with Gasteiger partial charge >= 0.3 is 0 Å². The maximum Gasteiger partial charge on any atom is 0.293 e. The molecule has 0 aliphatic carbocycles. The van der Waals surface area contributed by atoms with Crippen LogP contribution in [0.2, 0.25) is 5.02 Å². The molecule has 0 unspecified atom stereocenters. The van der Waals surface area contributed by atoms with Crippen molar-refractivity contribution >= 4 is 40.8 Å². The molecule has 0 bridgehead atoms. The molecule has 0 spiro atoms. The summed E-state index contributed by atoms with van der Waals surface area (Å²) < 4.78 is 6.01. The molecule has 0 saturated heterocycles. The largest absolute Gasteiger partial charge is 0.378 e. The Labute approximate surface area is 198 Å². The Hall–Kier alpha value is -3.70. The molecule has 0 atom stereocenters. The van der Waals surface area contributed by atoms with Gasteiger partial charge in [0.1, 0.15) is 0 Å². The minimum Gasteiger partial charge on any atom is -0.378 e. The first kappa shape index (κ1) is 22.5. The minimum atomic E-state index is -0.519. The third kappa shape index (κ3) is 5.21. The van der Waals surface area contributed by atoms with E-state index in [-0.39, 0.29) is 17.3 Å². The van der Waals surface area contributed by atoms with E-state index in [4.69, 9.17) is 17.3 Å². The number of anilines is 1. The van der Waals surface area contributed by atoms with Crippen molar-refractivity contribution < 1.29 is 9.42 Å². The lowest BCUT2D eigenvalue weighted by Crippen LogP contribution is -2.21. The summed E-state index contributed by atoms with van der Waals surface area (Å²) in [7, 11) is 0. The zero-order valence-corrected chi connectivity index (χ0v) is 19.3. The number of hydrogen-bond donors (Lipinski definition) is 2. The second-order valence-corrected chi connectivity index (χ2v) is 8.50. The molecular formula is C21H19ClN8O2S. The molecule has 2 aromatic heterocycles. The van der Waals surface area contributed by atoms with Crippen LogP contribution in [0.1, 0.15) is 34.2 Å². The fraction of sp³-hybridized carbons (Fsp3) is 0.143. The van der Waals surface area contributed by atoms with E-state index in [9.17, 15) is 4.79 Å². The highest BCUT2D eigenvalue weighted by Gasteiger charge is 2.24. The standard InChI is InChI=1S/C21H19ClN8O2S/c1-12-3-5-14(6-4-12)13(2)24-26-21(31)18-17(11-33-16-9-7-15(22)8-10-16)30(29-25-18)20-19(23)27-32-28-20/h3-10H,11H2,1-2H3,(H2,23,27)(H,26,31)/b24-13-. The van der Waals surface area contributed by atoms with E-state index in [2.05, 4.69) is 35.8 Å². The molecule has 4 rings (SSSR count). The van der Waals surface area contributed by atoms with Gasteiger partial charge in [0.25, 0.3) is 5.91 Å². The number of rotatable bonds is 7. The quantitative estimate of drug-likeness (QED) is 0.231. The monoisotopic (exact) mass is 482 g/mol. The van der Waals surface area contributed by atoms with Crippen molar-refractivity contribution in [1.82, 2.24) is 30.7 Å². The van der Waals surface area contributed by atoms with Gasteiger partial charge in [-0.15, -0.1) is 16.9 Å². The number of aryl methyl sites for hydroxylation is 1. The second kappa shape index (κ2) is 9.84. The van der Waals surface area contributed by atoms with Crippen LogP contribution in [0.25, 0.3) is 5.82 Å². The smallest absolute Gasteiger partial charge is 0.293 e. The lowest BCUT2D eigenvalue weighted by molar-refractivity contribution is 0.0949. The van der Waals surface area contributed by atoms with Crippen LogP contribution in [0, 0.1) is 6.92 Å². The van der Waals surface area contributed by atoms with Gasteiger partial charge in [-0.1, -0.05) is 46.6 Å². The van der Waals surface area contributed by atoms with Gasteiger partial charge in [-0.3, -0.25) is 4.79 Å². The SMILES string of the molecule is C/C(=N/NC(=O)c1nnn(-c2nonc2N)c1CSc1ccc(Cl)cc1)c1ccc(C)cc1. The molecule has 2 aromatic carbocycles. The number of nitrogens with one attached hydrogen (secondary N) is 1. The van der Waals surface area contributed by atoms with Gasteiger partial charge in [0.15, 0.2) is 5.69 Å². The molecule has 168 valence electrons. The summed E-state index contributed by atoms with van der Waals surface area (Å²) in [6, 6.07) is 15.2. The number of thioether (sulfide) groups is 1. The summed E-state index contributed by atoms with van der Waals surface area (Å²) in [5, 5.41) is 20.3. The summed E-state index contributed by atoms with van der Waals surface area (Å²) in [4.78, 5) is 13.9. The van der Waals surface area contributed by atoms with Crippen molar-refractivity contribution in [3.8, 4) is 5.82 Å². The third-order valence-electron chi connectivity index (χ3n) is 4.66. The van der Waals surface area contributed by atoms with Crippen molar-refractivity contribution in [3.05, 3.63) is 76.1 Å². The molecule has 33 heavy (non-hydrogen) atoms. The van der Waals surface area contributed by atoms with Crippen LogP contribution < -0.4 is 11.2 Å². The number of carbonyl (C=O) groups excluding carboxylic acids is 1. The number of carbonyl (C=O) groups is 1. The Morgan fingerprint density at radius 3 is 2.58 bits per heavy atom. The Morgan fingerprint density at radius 2 is 1.91 bits per heavy atom. The van der Waals surface area contributed by atoms with E-state index in [1.165, 1.54) is 16.4 Å². The van der Waals surface area contributed by atoms with Gasteiger partial charge in [0.2, 0.25) is 11.6 Å².